The van der Waals surface area contributed by atoms with Gasteiger partial charge in [0.25, 0.3) is 0 Å². The fraction of sp³-hybridized carbons (Fsp3) is 0.450. The van der Waals surface area contributed by atoms with Crippen molar-refractivity contribution in [3.8, 4) is 0 Å². The molecule has 1 aromatic heterocycles. The Morgan fingerprint density at radius 3 is 2.50 bits per heavy atom. The number of aromatic nitrogens is 1. The molecular formula is C20H25N3O5S2. The predicted molar refractivity (Wildman–Crippen MR) is 114 cm³/mol. The second kappa shape index (κ2) is 9.67. The molecule has 0 radical (unpaired) electrons. The maximum Gasteiger partial charge on any atom is 0.350 e. The Bertz CT molecular complexity index is 1010. The fourth-order valence-corrected chi connectivity index (χ4v) is 5.57. The standard InChI is InChI=1S/C20H25N3O5S2/c1-3-28-19(25)18-14(2)21-20(29-18)22-17(24)11-8-15-6-9-16(10-7-15)30(26,27)23-12-4-5-13-23/h6-7,9-10H,3-5,8,11-13H2,1-2H3,(H,21,22,24). The van der Waals surface area contributed by atoms with E-state index < -0.39 is 16.0 Å². The minimum Gasteiger partial charge on any atom is -0.462 e. The molecule has 162 valence electrons. The third kappa shape index (κ3) is 5.24. The first-order chi connectivity index (χ1) is 14.3. The number of hydrogen-bond donors (Lipinski definition) is 1. The van der Waals surface area contributed by atoms with Gasteiger partial charge in [0, 0.05) is 19.5 Å². The molecule has 1 aliphatic heterocycles. The van der Waals surface area contributed by atoms with E-state index in [-0.39, 0.29) is 23.8 Å². The number of carbonyl (C=O) groups is 2. The van der Waals surface area contributed by atoms with Crippen molar-refractivity contribution in [1.82, 2.24) is 9.29 Å². The number of anilines is 1. The van der Waals surface area contributed by atoms with Crippen molar-refractivity contribution in [2.24, 2.45) is 0 Å². The zero-order valence-electron chi connectivity index (χ0n) is 17.0. The first-order valence-electron chi connectivity index (χ1n) is 9.84. The van der Waals surface area contributed by atoms with Crippen LogP contribution in [0.25, 0.3) is 0 Å². The summed E-state index contributed by atoms with van der Waals surface area (Å²) in [5, 5.41) is 3.06. The van der Waals surface area contributed by atoms with Gasteiger partial charge in [0.1, 0.15) is 4.88 Å². The minimum absolute atomic E-state index is 0.214. The van der Waals surface area contributed by atoms with Crippen LogP contribution in [0, 0.1) is 6.92 Å². The fourth-order valence-electron chi connectivity index (χ4n) is 3.18. The first kappa shape index (κ1) is 22.4. The number of carbonyl (C=O) groups excluding carboxylic acids is 2. The number of esters is 1. The maximum absolute atomic E-state index is 12.6. The average Bonchev–Trinajstić information content (AvgIpc) is 3.37. The van der Waals surface area contributed by atoms with Crippen molar-refractivity contribution in [1.29, 1.82) is 0 Å². The second-order valence-corrected chi connectivity index (χ2v) is 9.89. The van der Waals surface area contributed by atoms with Crippen LogP contribution < -0.4 is 5.32 Å². The Kier molecular flexibility index (Phi) is 7.22. The van der Waals surface area contributed by atoms with Crippen LogP contribution >= 0.6 is 11.3 Å². The minimum atomic E-state index is -3.43. The molecule has 1 saturated heterocycles. The summed E-state index contributed by atoms with van der Waals surface area (Å²) in [6.45, 7) is 4.83. The van der Waals surface area contributed by atoms with E-state index in [2.05, 4.69) is 10.3 Å². The van der Waals surface area contributed by atoms with E-state index >= 15 is 0 Å². The van der Waals surface area contributed by atoms with Crippen LogP contribution in [0.3, 0.4) is 0 Å². The Morgan fingerprint density at radius 1 is 1.20 bits per heavy atom. The summed E-state index contributed by atoms with van der Waals surface area (Å²) in [7, 11) is -3.43. The lowest BCUT2D eigenvalue weighted by atomic mass is 10.1. The van der Waals surface area contributed by atoms with Crippen molar-refractivity contribution < 1.29 is 22.7 Å². The van der Waals surface area contributed by atoms with E-state index in [1.54, 1.807) is 38.1 Å². The van der Waals surface area contributed by atoms with E-state index in [0.29, 0.717) is 35.2 Å². The first-order valence-corrected chi connectivity index (χ1v) is 12.1. The van der Waals surface area contributed by atoms with Gasteiger partial charge in [-0.05, 0) is 50.8 Å². The molecule has 2 heterocycles. The highest BCUT2D eigenvalue weighted by molar-refractivity contribution is 7.89. The van der Waals surface area contributed by atoms with Gasteiger partial charge in [-0.3, -0.25) is 4.79 Å². The van der Waals surface area contributed by atoms with Gasteiger partial charge in [0.05, 0.1) is 17.2 Å². The molecule has 0 bridgehead atoms. The smallest absolute Gasteiger partial charge is 0.350 e. The molecule has 1 fully saturated rings. The predicted octanol–water partition coefficient (Wildman–Crippen LogP) is 2.98. The zero-order chi connectivity index (χ0) is 21.7. The number of nitrogens with zero attached hydrogens (tertiary/aromatic N) is 2. The molecule has 1 aromatic carbocycles. The Labute approximate surface area is 180 Å². The van der Waals surface area contributed by atoms with E-state index in [4.69, 9.17) is 4.74 Å². The molecule has 8 nitrogen and oxygen atoms in total. The molecule has 1 amide bonds. The van der Waals surface area contributed by atoms with Gasteiger partial charge in [0.15, 0.2) is 5.13 Å². The van der Waals surface area contributed by atoms with Crippen LogP contribution in [0.1, 0.15) is 47.1 Å². The van der Waals surface area contributed by atoms with Gasteiger partial charge < -0.3 is 10.1 Å². The third-order valence-electron chi connectivity index (χ3n) is 4.77. The molecule has 0 atom stereocenters. The van der Waals surface area contributed by atoms with Gasteiger partial charge in [0.2, 0.25) is 15.9 Å². The zero-order valence-corrected chi connectivity index (χ0v) is 18.6. The lowest BCUT2D eigenvalue weighted by Crippen LogP contribution is -2.27. The molecule has 0 unspecified atom stereocenters. The van der Waals surface area contributed by atoms with E-state index in [1.807, 2.05) is 0 Å². The van der Waals surface area contributed by atoms with Gasteiger partial charge in [-0.1, -0.05) is 23.5 Å². The molecule has 0 spiro atoms. The largest absolute Gasteiger partial charge is 0.462 e. The molecular weight excluding hydrogens is 426 g/mol. The van der Waals surface area contributed by atoms with Crippen LogP contribution in [0.15, 0.2) is 29.2 Å². The molecule has 3 rings (SSSR count). The van der Waals surface area contributed by atoms with E-state index in [9.17, 15) is 18.0 Å². The number of rotatable bonds is 8. The van der Waals surface area contributed by atoms with Gasteiger partial charge in [-0.25, -0.2) is 18.2 Å². The third-order valence-corrected chi connectivity index (χ3v) is 7.74. The molecule has 1 aliphatic rings. The number of hydrogen-bond acceptors (Lipinski definition) is 7. The number of benzene rings is 1. The van der Waals surface area contributed by atoms with Crippen LogP contribution in [0.5, 0.6) is 0 Å². The highest BCUT2D eigenvalue weighted by Crippen LogP contribution is 2.24. The van der Waals surface area contributed by atoms with Gasteiger partial charge in [-0.2, -0.15) is 4.31 Å². The highest BCUT2D eigenvalue weighted by Gasteiger charge is 2.26. The number of ether oxygens (including phenoxy) is 1. The quantitative estimate of drug-likeness (QED) is 0.619. The summed E-state index contributed by atoms with van der Waals surface area (Å²) in [5.41, 5.74) is 1.39. The van der Waals surface area contributed by atoms with Crippen molar-refractivity contribution >= 4 is 38.4 Å². The molecule has 0 saturated carbocycles. The average molecular weight is 452 g/mol. The van der Waals surface area contributed by atoms with E-state index in [0.717, 1.165) is 29.7 Å². The number of thiazole rings is 1. The van der Waals surface area contributed by atoms with Gasteiger partial charge >= 0.3 is 5.97 Å². The summed E-state index contributed by atoms with van der Waals surface area (Å²) in [6, 6.07) is 6.67. The van der Waals surface area contributed by atoms with Crippen molar-refractivity contribution in [3.63, 3.8) is 0 Å². The normalized spacial score (nSPS) is 14.6. The van der Waals surface area contributed by atoms with Crippen LogP contribution in [-0.2, 0) is 26.0 Å². The van der Waals surface area contributed by atoms with Crippen molar-refractivity contribution in [3.05, 3.63) is 40.4 Å². The lowest BCUT2D eigenvalue weighted by molar-refractivity contribution is -0.116. The summed E-state index contributed by atoms with van der Waals surface area (Å²) in [6.07, 6.45) is 2.47. The summed E-state index contributed by atoms with van der Waals surface area (Å²) in [5.74, 6) is -0.676. The highest BCUT2D eigenvalue weighted by atomic mass is 32.2. The lowest BCUT2D eigenvalue weighted by Gasteiger charge is -2.15. The van der Waals surface area contributed by atoms with Crippen LogP contribution in [-0.4, -0.2) is 49.3 Å². The Morgan fingerprint density at radius 2 is 1.87 bits per heavy atom. The number of nitrogens with one attached hydrogen (secondary N) is 1. The molecule has 30 heavy (non-hydrogen) atoms. The topological polar surface area (TPSA) is 106 Å². The van der Waals surface area contributed by atoms with Crippen molar-refractivity contribution in [2.75, 3.05) is 25.0 Å². The summed E-state index contributed by atoms with van der Waals surface area (Å²) >= 11 is 1.09. The molecule has 0 aliphatic carbocycles. The second-order valence-electron chi connectivity index (χ2n) is 6.96. The van der Waals surface area contributed by atoms with Gasteiger partial charge in [-0.15, -0.1) is 0 Å². The Hall–Kier alpha value is -2.30. The SMILES string of the molecule is CCOC(=O)c1sc(NC(=O)CCc2ccc(S(=O)(=O)N3CCCC3)cc2)nc1C. The summed E-state index contributed by atoms with van der Waals surface area (Å²) in [4.78, 5) is 28.9. The number of aryl methyl sites for hydroxylation is 2. The van der Waals surface area contributed by atoms with Crippen LogP contribution in [0.2, 0.25) is 0 Å². The molecule has 10 heteroatoms. The van der Waals surface area contributed by atoms with E-state index in [1.165, 1.54) is 4.31 Å². The summed E-state index contributed by atoms with van der Waals surface area (Å²) < 4.78 is 31.6. The number of amides is 1. The molecule has 2 aromatic rings. The number of sulfonamides is 1. The van der Waals surface area contributed by atoms with Crippen molar-refractivity contribution in [2.45, 2.75) is 44.4 Å². The molecule has 1 N–H and O–H groups in total. The maximum atomic E-state index is 12.6. The van der Waals surface area contributed by atoms with Crippen LogP contribution in [0.4, 0.5) is 5.13 Å². The monoisotopic (exact) mass is 451 g/mol. The Balaban J connectivity index is 1.55.